The fraction of sp³-hybridized carbons (Fsp3) is 0.103. The molecule has 2 aliphatic rings. The molecule has 0 aliphatic heterocycles. The molecule has 2 aromatic heterocycles. The van der Waals surface area contributed by atoms with Crippen LogP contribution >= 0.6 is 0 Å². The van der Waals surface area contributed by atoms with E-state index in [1.807, 2.05) is 6.07 Å². The topological polar surface area (TPSA) is 29.5 Å². The Balaban J connectivity index is 1.11. The third kappa shape index (κ3) is 4.69. The predicted molar refractivity (Wildman–Crippen MR) is 254 cm³/mol. The monoisotopic (exact) mass is 783 g/mol. The lowest BCUT2D eigenvalue weighted by Gasteiger charge is -2.30. The Bertz CT molecular complexity index is 3560. The summed E-state index contributed by atoms with van der Waals surface area (Å²) in [5.41, 5.74) is 19.1. The number of hydrogen-bond donors (Lipinski definition) is 0. The number of benzene rings is 9. The van der Waals surface area contributed by atoms with Crippen molar-refractivity contribution in [2.24, 2.45) is 0 Å². The van der Waals surface area contributed by atoms with Gasteiger partial charge in [-0.1, -0.05) is 149 Å². The lowest BCUT2D eigenvalue weighted by Crippen LogP contribution is -2.18. The zero-order valence-corrected chi connectivity index (χ0v) is 34.5. The van der Waals surface area contributed by atoms with Crippen LogP contribution in [0.4, 0.5) is 17.1 Å². The normalized spacial score (nSPS) is 14.5. The van der Waals surface area contributed by atoms with Gasteiger partial charge in [0.2, 0.25) is 0 Å². The molecule has 0 bridgehead atoms. The van der Waals surface area contributed by atoms with Gasteiger partial charge in [0.15, 0.2) is 0 Å². The molecule has 0 atom stereocenters. The third-order valence-corrected chi connectivity index (χ3v) is 14.0. The van der Waals surface area contributed by atoms with Gasteiger partial charge in [0.25, 0.3) is 0 Å². The molecule has 13 rings (SSSR count). The van der Waals surface area contributed by atoms with Gasteiger partial charge in [-0.2, -0.15) is 0 Å². The van der Waals surface area contributed by atoms with Gasteiger partial charge in [-0.15, -0.1) is 0 Å². The second kappa shape index (κ2) is 12.1. The molecule has 0 saturated heterocycles. The van der Waals surface area contributed by atoms with E-state index in [0.717, 1.165) is 72.1 Å². The van der Waals surface area contributed by atoms with E-state index in [4.69, 9.17) is 8.83 Å². The maximum Gasteiger partial charge on any atom is 0.144 e. The summed E-state index contributed by atoms with van der Waals surface area (Å²) in [7, 11) is 0. The number of fused-ring (bicyclic) bond motifs is 13. The van der Waals surface area contributed by atoms with Gasteiger partial charge in [0.05, 0.1) is 11.1 Å². The van der Waals surface area contributed by atoms with E-state index in [2.05, 4.69) is 202 Å². The molecule has 11 aromatic rings. The second-order valence-corrected chi connectivity index (χ2v) is 18.1. The summed E-state index contributed by atoms with van der Waals surface area (Å²) in [4.78, 5) is 2.47. The Hall–Kier alpha value is -7.36. The Labute approximate surface area is 354 Å². The van der Waals surface area contributed by atoms with Crippen LogP contribution < -0.4 is 4.90 Å². The summed E-state index contributed by atoms with van der Waals surface area (Å²) in [6, 6.07) is 64.3. The molecule has 0 N–H and O–H groups in total. The molecule has 0 fully saturated rings. The quantitative estimate of drug-likeness (QED) is 0.178. The van der Waals surface area contributed by atoms with Crippen molar-refractivity contribution in [3.05, 3.63) is 198 Å². The highest BCUT2D eigenvalue weighted by molar-refractivity contribution is 6.26. The molecule has 3 nitrogen and oxygen atoms in total. The fourth-order valence-electron chi connectivity index (χ4n) is 11.0. The van der Waals surface area contributed by atoms with Crippen LogP contribution in [0.15, 0.2) is 185 Å². The predicted octanol–water partition coefficient (Wildman–Crippen LogP) is 16.4. The largest absolute Gasteiger partial charge is 0.456 e. The van der Waals surface area contributed by atoms with Crippen LogP contribution in [0.5, 0.6) is 0 Å². The highest BCUT2D eigenvalue weighted by atomic mass is 16.3. The van der Waals surface area contributed by atoms with E-state index in [1.165, 1.54) is 55.3 Å². The summed E-state index contributed by atoms with van der Waals surface area (Å²) in [5, 5.41) is 6.60. The van der Waals surface area contributed by atoms with Gasteiger partial charge in [0, 0.05) is 43.9 Å². The minimum absolute atomic E-state index is 0.162. The van der Waals surface area contributed by atoms with Gasteiger partial charge in [-0.3, -0.25) is 0 Å². The van der Waals surface area contributed by atoms with Crippen LogP contribution in [0.2, 0.25) is 0 Å². The Morgan fingerprint density at radius 1 is 0.393 bits per heavy atom. The van der Waals surface area contributed by atoms with Gasteiger partial charge in [-0.05, 0) is 115 Å². The number of hydrogen-bond acceptors (Lipinski definition) is 3. The molecule has 2 aliphatic carbocycles. The summed E-state index contributed by atoms with van der Waals surface area (Å²) < 4.78 is 13.9. The van der Waals surface area contributed by atoms with Crippen LogP contribution in [0, 0.1) is 0 Å². The van der Waals surface area contributed by atoms with Crippen LogP contribution in [0.1, 0.15) is 49.9 Å². The maximum absolute atomic E-state index is 7.17. The lowest BCUT2D eigenvalue weighted by molar-refractivity contribution is 0.660. The first-order chi connectivity index (χ1) is 29.8. The van der Waals surface area contributed by atoms with E-state index in [9.17, 15) is 0 Å². The van der Waals surface area contributed by atoms with Gasteiger partial charge >= 0.3 is 0 Å². The van der Waals surface area contributed by atoms with Crippen molar-refractivity contribution in [2.45, 2.75) is 38.5 Å². The van der Waals surface area contributed by atoms with E-state index in [1.54, 1.807) is 0 Å². The molecule has 2 heterocycles. The van der Waals surface area contributed by atoms with Crippen molar-refractivity contribution in [2.75, 3.05) is 4.90 Å². The number of rotatable bonds is 4. The standard InChI is InChI=1S/C58H41NO2/c1-57(2)45-19-10-7-16-39(45)41-28-26-37(31-47(41)57)59(38-27-29-42-40-17-8-11-20-46(40)58(3,4)48(42)32-38)49-21-13-23-51-54(49)44-33-52-55(43-18-9-12-22-50(43)60-52)53(56(44)61-51)36-25-24-34-14-5-6-15-35(34)30-36/h5-33H,1-4H3. The third-order valence-electron chi connectivity index (χ3n) is 14.0. The van der Waals surface area contributed by atoms with Gasteiger partial charge in [0.1, 0.15) is 22.3 Å². The minimum atomic E-state index is -0.162. The first-order valence-corrected chi connectivity index (χ1v) is 21.3. The SMILES string of the molecule is CC1(C)c2ccccc2-c2ccc(N(c3ccc4c(c3)C(C)(C)c3ccccc3-4)c3cccc4oc5c(-c6ccc7ccccc7c6)c6c(cc5c34)oc3ccccc36)cc21. The molecule has 3 heteroatoms. The highest BCUT2D eigenvalue weighted by Crippen LogP contribution is 2.55. The molecular weight excluding hydrogens is 743 g/mol. The Kier molecular flexibility index (Phi) is 6.85. The summed E-state index contributed by atoms with van der Waals surface area (Å²) >= 11 is 0. The molecule has 0 amide bonds. The van der Waals surface area contributed by atoms with Crippen molar-refractivity contribution in [1.82, 2.24) is 0 Å². The van der Waals surface area contributed by atoms with Crippen LogP contribution in [-0.4, -0.2) is 0 Å². The smallest absolute Gasteiger partial charge is 0.144 e. The Morgan fingerprint density at radius 2 is 0.984 bits per heavy atom. The summed E-state index contributed by atoms with van der Waals surface area (Å²) in [6.07, 6.45) is 0. The van der Waals surface area contributed by atoms with E-state index in [-0.39, 0.29) is 10.8 Å². The first kappa shape index (κ1) is 34.5. The Morgan fingerprint density at radius 3 is 1.69 bits per heavy atom. The van der Waals surface area contributed by atoms with Crippen molar-refractivity contribution in [3.63, 3.8) is 0 Å². The number of furan rings is 2. The molecule has 0 radical (unpaired) electrons. The molecule has 0 spiro atoms. The van der Waals surface area contributed by atoms with Crippen molar-refractivity contribution in [3.8, 4) is 33.4 Å². The zero-order chi connectivity index (χ0) is 40.8. The molecule has 9 aromatic carbocycles. The average molecular weight is 784 g/mol. The lowest BCUT2D eigenvalue weighted by atomic mass is 9.82. The average Bonchev–Trinajstić information content (AvgIpc) is 3.98. The molecule has 0 unspecified atom stereocenters. The first-order valence-electron chi connectivity index (χ1n) is 21.3. The molecule has 290 valence electrons. The van der Waals surface area contributed by atoms with Crippen molar-refractivity contribution >= 4 is 71.7 Å². The number of para-hydroxylation sites is 1. The van der Waals surface area contributed by atoms with Crippen molar-refractivity contribution in [1.29, 1.82) is 0 Å². The van der Waals surface area contributed by atoms with Crippen LogP contribution in [0.25, 0.3) is 88.0 Å². The molecular formula is C58H41NO2. The van der Waals surface area contributed by atoms with Crippen LogP contribution in [0.3, 0.4) is 0 Å². The summed E-state index contributed by atoms with van der Waals surface area (Å²) in [5.74, 6) is 0. The number of anilines is 3. The zero-order valence-electron chi connectivity index (χ0n) is 34.5. The highest BCUT2D eigenvalue weighted by Gasteiger charge is 2.38. The van der Waals surface area contributed by atoms with E-state index >= 15 is 0 Å². The van der Waals surface area contributed by atoms with Crippen molar-refractivity contribution < 1.29 is 8.83 Å². The van der Waals surface area contributed by atoms with Crippen LogP contribution in [-0.2, 0) is 10.8 Å². The number of nitrogens with zero attached hydrogens (tertiary/aromatic N) is 1. The molecule has 0 saturated carbocycles. The van der Waals surface area contributed by atoms with E-state index in [0.29, 0.717) is 0 Å². The van der Waals surface area contributed by atoms with E-state index < -0.39 is 0 Å². The minimum Gasteiger partial charge on any atom is -0.456 e. The fourth-order valence-corrected chi connectivity index (χ4v) is 11.0. The van der Waals surface area contributed by atoms with Gasteiger partial charge < -0.3 is 13.7 Å². The maximum atomic E-state index is 7.17. The molecule has 61 heavy (non-hydrogen) atoms. The van der Waals surface area contributed by atoms with Gasteiger partial charge in [-0.25, -0.2) is 0 Å². The second-order valence-electron chi connectivity index (χ2n) is 18.1. The summed E-state index contributed by atoms with van der Waals surface area (Å²) in [6.45, 7) is 9.44.